The molecule has 2 atom stereocenters. The van der Waals surface area contributed by atoms with E-state index in [2.05, 4.69) is 20.2 Å². The zero-order valence-corrected chi connectivity index (χ0v) is 33.8. The Balaban J connectivity index is 1.64. The monoisotopic (exact) mass is 984 g/mol. The quantitative estimate of drug-likeness (QED) is 0.0702. The second-order valence-electron chi connectivity index (χ2n) is 14.2. The van der Waals surface area contributed by atoms with Crippen molar-refractivity contribution >= 4 is 54.9 Å². The predicted molar refractivity (Wildman–Crippen MR) is 207 cm³/mol. The summed E-state index contributed by atoms with van der Waals surface area (Å²) in [5.41, 5.74) is -15.8. The molecule has 0 spiro atoms. The summed E-state index contributed by atoms with van der Waals surface area (Å²) in [6, 6.07) is 9.53. The molecule has 14 nitrogen and oxygen atoms in total. The number of hydrogen-bond donors (Lipinski definition) is 4. The van der Waals surface area contributed by atoms with Crippen molar-refractivity contribution < 1.29 is 88.2 Å². The average molecular weight is 985 g/mol. The van der Waals surface area contributed by atoms with Gasteiger partial charge in [-0.15, -0.1) is 0 Å². The first-order valence-electron chi connectivity index (χ1n) is 17.8. The molecule has 4 aromatic carbocycles. The highest BCUT2D eigenvalue weighted by Crippen LogP contribution is 2.53. The predicted octanol–water partition coefficient (Wildman–Crippen LogP) is 6.85. The Morgan fingerprint density at radius 2 is 0.833 bits per heavy atom. The Labute approximate surface area is 361 Å². The standard InChI is InChI=1S/C38H24F12N6O8S2/c39-35(40,41)25-13-17(9-11-23(25)33(65(59,60)61)15-27(55-51)29(53-31(57)37(45,46)47)19-5-1-3-7-21(19)33)18-10-12-24(26(14-18)36(42,43)44)34(66(62,63)64)16-28(56-52)30(54-32(58)38(48,49)50)20-6-2-4-8-22(20)34/h1-14H,15-16,51-52H2,(H,59,60,61)(H,62,63,64). The lowest BCUT2D eigenvalue weighted by atomic mass is 9.73. The van der Waals surface area contributed by atoms with Crippen molar-refractivity contribution in [1.82, 2.24) is 0 Å². The van der Waals surface area contributed by atoms with Gasteiger partial charge in [0.25, 0.3) is 20.2 Å². The molecule has 0 radical (unpaired) electrons. The second kappa shape index (κ2) is 16.1. The van der Waals surface area contributed by atoms with Gasteiger partial charge in [-0.1, -0.05) is 72.8 Å². The van der Waals surface area contributed by atoms with Gasteiger partial charge in [-0.05, 0) is 45.5 Å². The van der Waals surface area contributed by atoms with E-state index < -0.39 is 158 Å². The molecule has 6 rings (SSSR count). The van der Waals surface area contributed by atoms with E-state index in [9.17, 15) is 61.9 Å². The van der Waals surface area contributed by atoms with E-state index in [0.29, 0.717) is 24.3 Å². The van der Waals surface area contributed by atoms with Gasteiger partial charge in [0, 0.05) is 24.0 Å². The lowest BCUT2D eigenvalue weighted by Crippen LogP contribution is -2.47. The molecule has 2 aliphatic rings. The highest BCUT2D eigenvalue weighted by molar-refractivity contribution is 7.87. The van der Waals surface area contributed by atoms with E-state index in [0.717, 1.165) is 48.5 Å². The summed E-state index contributed by atoms with van der Waals surface area (Å²) in [6.45, 7) is 0. The number of aliphatic imine (C=N–C) groups is 2. The summed E-state index contributed by atoms with van der Waals surface area (Å²) < 4.78 is 240. The average Bonchev–Trinajstić information content (AvgIpc) is 3.21. The third-order valence-corrected chi connectivity index (χ3v) is 13.5. The van der Waals surface area contributed by atoms with Gasteiger partial charge in [0.05, 0.1) is 34.0 Å². The number of halogens is 12. The van der Waals surface area contributed by atoms with Crippen molar-refractivity contribution in [2.45, 2.75) is 47.0 Å². The maximum absolute atomic E-state index is 15.2. The first-order chi connectivity index (χ1) is 30.3. The Hall–Kier alpha value is -6.52. The maximum atomic E-state index is 15.2. The molecule has 0 aliphatic heterocycles. The smallest absolute Gasteiger partial charge is 0.323 e. The van der Waals surface area contributed by atoms with Crippen LogP contribution < -0.4 is 11.7 Å². The van der Waals surface area contributed by atoms with Crippen molar-refractivity contribution in [3.8, 4) is 11.1 Å². The van der Waals surface area contributed by atoms with Crippen molar-refractivity contribution in [2.24, 2.45) is 31.9 Å². The number of hydrogen-bond acceptors (Lipinski definition) is 10. The van der Waals surface area contributed by atoms with Crippen molar-refractivity contribution in [3.63, 3.8) is 0 Å². The number of alkyl halides is 12. The number of amides is 2. The van der Waals surface area contributed by atoms with Crippen LogP contribution in [0.1, 0.15) is 57.3 Å². The van der Waals surface area contributed by atoms with Gasteiger partial charge >= 0.3 is 36.5 Å². The lowest BCUT2D eigenvalue weighted by Gasteiger charge is -2.39. The molecule has 6 N–H and O–H groups in total. The van der Waals surface area contributed by atoms with Crippen LogP contribution in [0.4, 0.5) is 52.7 Å². The molecule has 0 bridgehead atoms. The van der Waals surface area contributed by atoms with Crippen LogP contribution >= 0.6 is 0 Å². The first-order valence-corrected chi connectivity index (χ1v) is 20.6. The lowest BCUT2D eigenvalue weighted by molar-refractivity contribution is -0.169. The van der Waals surface area contributed by atoms with Crippen LogP contribution in [-0.4, -0.2) is 73.0 Å². The van der Waals surface area contributed by atoms with E-state index in [1.807, 2.05) is 0 Å². The van der Waals surface area contributed by atoms with Crippen molar-refractivity contribution in [1.29, 1.82) is 0 Å². The fraction of sp³-hybridized carbons (Fsp3) is 0.211. The summed E-state index contributed by atoms with van der Waals surface area (Å²) in [5.74, 6) is 5.13. The van der Waals surface area contributed by atoms with E-state index in [4.69, 9.17) is 11.7 Å². The van der Waals surface area contributed by atoms with E-state index in [-0.39, 0.29) is 12.1 Å². The molecule has 2 unspecified atom stereocenters. The molecular weight excluding hydrogens is 961 g/mol. The van der Waals surface area contributed by atoms with Crippen LogP contribution in [-0.2, 0) is 51.7 Å². The minimum absolute atomic E-state index is 0.115. The van der Waals surface area contributed by atoms with E-state index in [1.165, 1.54) is 0 Å². The summed E-state index contributed by atoms with van der Waals surface area (Å²) in [4.78, 5) is 29.7. The topological polar surface area (TPSA) is 244 Å². The molecule has 2 amide bonds. The third kappa shape index (κ3) is 8.21. The molecular formula is C38H24F12N6O8S2. The third-order valence-electron chi connectivity index (χ3n) is 10.6. The zero-order valence-electron chi connectivity index (χ0n) is 32.1. The van der Waals surface area contributed by atoms with Crippen LogP contribution in [0.25, 0.3) is 11.1 Å². The Morgan fingerprint density at radius 3 is 1.11 bits per heavy atom. The van der Waals surface area contributed by atoms with Gasteiger partial charge in [0.15, 0.2) is 9.49 Å². The van der Waals surface area contributed by atoms with Gasteiger partial charge < -0.3 is 11.7 Å². The summed E-state index contributed by atoms with van der Waals surface area (Å²) in [7, 11) is -12.0. The molecule has 0 saturated carbocycles. The molecule has 28 heteroatoms. The molecule has 2 aliphatic carbocycles. The Bertz CT molecular complexity index is 2870. The van der Waals surface area contributed by atoms with E-state index in [1.54, 1.807) is 0 Å². The number of carbonyl (C=O) groups excluding carboxylic acids is 2. The number of hydrazone groups is 2. The molecule has 350 valence electrons. The van der Waals surface area contributed by atoms with Crippen LogP contribution in [0.3, 0.4) is 0 Å². The number of carbonyl (C=O) groups is 2. The maximum Gasteiger partial charge on any atom is 0.473 e. The number of benzene rings is 4. The molecule has 0 saturated heterocycles. The zero-order chi connectivity index (χ0) is 49.4. The molecule has 0 heterocycles. The Kier molecular flexibility index (Phi) is 11.9. The number of nitrogens with zero attached hydrogens (tertiary/aromatic N) is 4. The fourth-order valence-electron chi connectivity index (χ4n) is 7.86. The van der Waals surface area contributed by atoms with Crippen LogP contribution in [0, 0.1) is 0 Å². The van der Waals surface area contributed by atoms with Gasteiger partial charge in [0.1, 0.15) is 0 Å². The minimum Gasteiger partial charge on any atom is -0.323 e. The van der Waals surface area contributed by atoms with Crippen LogP contribution in [0.2, 0.25) is 0 Å². The van der Waals surface area contributed by atoms with Crippen LogP contribution in [0.15, 0.2) is 105 Å². The summed E-state index contributed by atoms with van der Waals surface area (Å²) >= 11 is 0. The van der Waals surface area contributed by atoms with Crippen LogP contribution in [0.5, 0.6) is 0 Å². The van der Waals surface area contributed by atoms with E-state index >= 15 is 26.3 Å². The minimum atomic E-state index is -5.98. The molecule has 0 aromatic heterocycles. The fourth-order valence-corrected chi connectivity index (χ4v) is 10.3. The summed E-state index contributed by atoms with van der Waals surface area (Å²) in [5, 5.41) is 6.34. The first kappa shape index (κ1) is 48.9. The van der Waals surface area contributed by atoms with Crippen molar-refractivity contribution in [2.75, 3.05) is 0 Å². The van der Waals surface area contributed by atoms with Gasteiger partial charge in [-0.25, -0.2) is 9.98 Å². The molecule has 66 heavy (non-hydrogen) atoms. The summed E-state index contributed by atoms with van der Waals surface area (Å²) in [6.07, 6.45) is -25.7. The number of nitrogens with two attached hydrogens (primary N) is 2. The normalized spacial score (nSPS) is 22.1. The van der Waals surface area contributed by atoms with Gasteiger partial charge in [0.2, 0.25) is 0 Å². The van der Waals surface area contributed by atoms with Gasteiger partial charge in [-0.2, -0.15) is 79.7 Å². The van der Waals surface area contributed by atoms with Crippen molar-refractivity contribution in [3.05, 3.63) is 129 Å². The Morgan fingerprint density at radius 1 is 0.515 bits per heavy atom. The highest BCUT2D eigenvalue weighted by atomic mass is 32.2. The SMILES string of the molecule is NN=C1CC(c2ccc(-c3ccc(C4(S(=O)(=O)O)CC(=NN)C(=NC(=O)C(F)(F)F)c5ccccc54)c(C(F)(F)F)c3)cc2C(F)(F)F)(S(=O)(=O)O)c2ccccc2C1=NC(=O)C(F)(F)F. The molecule has 0 fully saturated rings. The highest BCUT2D eigenvalue weighted by Gasteiger charge is 2.58. The number of rotatable bonds is 5. The van der Waals surface area contributed by atoms with Gasteiger partial charge in [-0.3, -0.25) is 18.7 Å². The molecule has 4 aromatic rings. The number of fused-ring (bicyclic) bond motifs is 2. The second-order valence-corrected chi connectivity index (χ2v) is 17.5. The largest absolute Gasteiger partial charge is 0.473 e.